The minimum atomic E-state index is 0.687. The summed E-state index contributed by atoms with van der Waals surface area (Å²) < 4.78 is 13.5. The van der Waals surface area contributed by atoms with Gasteiger partial charge < -0.3 is 14.0 Å². The van der Waals surface area contributed by atoms with Crippen LogP contribution in [0.1, 0.15) is 29.8 Å². The first-order valence-electron chi connectivity index (χ1n) is 10.5. The molecule has 0 aliphatic carbocycles. The molecule has 0 saturated carbocycles. The molecule has 4 aromatic rings. The molecule has 0 unspecified atom stereocenters. The van der Waals surface area contributed by atoms with Crippen molar-refractivity contribution >= 4 is 11.0 Å². The van der Waals surface area contributed by atoms with E-state index < -0.39 is 0 Å². The Balaban J connectivity index is 1.42. The maximum absolute atomic E-state index is 5.89. The second kappa shape index (κ2) is 9.49. The molecule has 0 spiro atoms. The zero-order chi connectivity index (χ0) is 20.8. The highest BCUT2D eigenvalue weighted by Crippen LogP contribution is 2.22. The first-order valence-corrected chi connectivity index (χ1v) is 10.5. The second-order valence-corrected chi connectivity index (χ2v) is 7.51. The van der Waals surface area contributed by atoms with E-state index in [2.05, 4.69) is 60.0 Å². The Bertz CT molecular complexity index is 1120. The van der Waals surface area contributed by atoms with Crippen molar-refractivity contribution in [1.82, 2.24) is 9.55 Å². The fourth-order valence-electron chi connectivity index (χ4n) is 3.74. The molecule has 0 radical (unpaired) electrons. The van der Waals surface area contributed by atoms with Crippen molar-refractivity contribution in [1.29, 1.82) is 0 Å². The van der Waals surface area contributed by atoms with Crippen molar-refractivity contribution in [3.8, 4) is 11.5 Å². The van der Waals surface area contributed by atoms with Crippen molar-refractivity contribution in [2.24, 2.45) is 0 Å². The largest absolute Gasteiger partial charge is 0.497 e. The third-order valence-corrected chi connectivity index (χ3v) is 5.43. The van der Waals surface area contributed by atoms with E-state index in [0.717, 1.165) is 48.6 Å². The molecule has 0 bridgehead atoms. The minimum absolute atomic E-state index is 0.687. The highest BCUT2D eigenvalue weighted by Gasteiger charge is 2.12. The van der Waals surface area contributed by atoms with E-state index in [1.54, 1.807) is 7.11 Å². The Morgan fingerprint density at radius 3 is 2.53 bits per heavy atom. The lowest BCUT2D eigenvalue weighted by atomic mass is 10.1. The predicted molar refractivity (Wildman–Crippen MR) is 121 cm³/mol. The molecule has 1 heterocycles. The van der Waals surface area contributed by atoms with Gasteiger partial charge in [0, 0.05) is 19.0 Å². The summed E-state index contributed by atoms with van der Waals surface area (Å²) in [5.74, 6) is 2.79. The van der Waals surface area contributed by atoms with Crippen LogP contribution in [0.2, 0.25) is 0 Å². The quantitative estimate of drug-likeness (QED) is 0.333. The number of fused-ring (bicyclic) bond motifs is 1. The monoisotopic (exact) mass is 400 g/mol. The molecule has 4 nitrogen and oxygen atoms in total. The van der Waals surface area contributed by atoms with Crippen LogP contribution in [0.5, 0.6) is 11.5 Å². The van der Waals surface area contributed by atoms with Gasteiger partial charge in [-0.2, -0.15) is 0 Å². The number of benzene rings is 3. The van der Waals surface area contributed by atoms with Crippen LogP contribution in [-0.4, -0.2) is 23.3 Å². The van der Waals surface area contributed by atoms with E-state index >= 15 is 0 Å². The molecule has 4 heteroatoms. The van der Waals surface area contributed by atoms with Crippen LogP contribution < -0.4 is 9.47 Å². The van der Waals surface area contributed by atoms with Gasteiger partial charge in [-0.05, 0) is 55.2 Å². The third kappa shape index (κ3) is 4.65. The number of rotatable bonds is 9. The lowest BCUT2D eigenvalue weighted by Crippen LogP contribution is -2.07. The average molecular weight is 401 g/mol. The summed E-state index contributed by atoms with van der Waals surface area (Å²) in [5, 5.41) is 0. The van der Waals surface area contributed by atoms with Gasteiger partial charge in [0.25, 0.3) is 0 Å². The fraction of sp³-hybridized carbons (Fsp3) is 0.269. The van der Waals surface area contributed by atoms with E-state index in [9.17, 15) is 0 Å². The second-order valence-electron chi connectivity index (χ2n) is 7.51. The summed E-state index contributed by atoms with van der Waals surface area (Å²) in [7, 11) is 1.67. The van der Waals surface area contributed by atoms with E-state index in [0.29, 0.717) is 6.61 Å². The van der Waals surface area contributed by atoms with Crippen LogP contribution in [0.15, 0.2) is 72.8 Å². The first-order chi connectivity index (χ1) is 14.7. The van der Waals surface area contributed by atoms with Crippen molar-refractivity contribution in [3.63, 3.8) is 0 Å². The molecule has 3 aromatic carbocycles. The first kappa shape index (κ1) is 20.0. The number of methoxy groups -OCH3 is 1. The topological polar surface area (TPSA) is 36.3 Å². The van der Waals surface area contributed by atoms with Crippen molar-refractivity contribution < 1.29 is 9.47 Å². The molecule has 1 aromatic heterocycles. The number of hydrogen-bond acceptors (Lipinski definition) is 3. The highest BCUT2D eigenvalue weighted by molar-refractivity contribution is 5.76. The Labute approximate surface area is 178 Å². The normalized spacial score (nSPS) is 11.0. The van der Waals surface area contributed by atoms with Gasteiger partial charge in [-0.25, -0.2) is 4.98 Å². The van der Waals surface area contributed by atoms with Gasteiger partial charge >= 0.3 is 0 Å². The summed E-state index contributed by atoms with van der Waals surface area (Å²) in [5.41, 5.74) is 4.90. The van der Waals surface area contributed by atoms with Gasteiger partial charge in [0.1, 0.15) is 17.3 Å². The molecule has 0 N–H and O–H groups in total. The smallest absolute Gasteiger partial charge is 0.122 e. The number of aromatic nitrogens is 2. The number of aryl methyl sites for hydroxylation is 2. The molecule has 154 valence electrons. The predicted octanol–water partition coefficient (Wildman–Crippen LogP) is 5.80. The van der Waals surface area contributed by atoms with Gasteiger partial charge in [0.2, 0.25) is 0 Å². The summed E-state index contributed by atoms with van der Waals surface area (Å²) in [4.78, 5) is 4.93. The SMILES string of the molecule is COc1cccc(OCCCCn2c(Cc3ccccc3C)nc3ccccc32)c1. The van der Waals surface area contributed by atoms with Crippen LogP contribution >= 0.6 is 0 Å². The minimum Gasteiger partial charge on any atom is -0.497 e. The zero-order valence-corrected chi connectivity index (χ0v) is 17.7. The van der Waals surface area contributed by atoms with Crippen molar-refractivity contribution in [2.45, 2.75) is 32.7 Å². The van der Waals surface area contributed by atoms with Crippen molar-refractivity contribution in [2.75, 3.05) is 13.7 Å². The summed E-state index contributed by atoms with van der Waals surface area (Å²) in [6.45, 7) is 3.79. The highest BCUT2D eigenvalue weighted by atomic mass is 16.5. The van der Waals surface area contributed by atoms with Crippen LogP contribution in [0.4, 0.5) is 0 Å². The molecule has 0 amide bonds. The molecule has 0 aliphatic heterocycles. The number of unbranched alkanes of at least 4 members (excludes halogenated alkanes) is 1. The Hall–Kier alpha value is -3.27. The van der Waals surface area contributed by atoms with Crippen LogP contribution in [0.25, 0.3) is 11.0 Å². The van der Waals surface area contributed by atoms with E-state index in [1.165, 1.54) is 16.6 Å². The summed E-state index contributed by atoms with van der Waals surface area (Å²) in [6.07, 6.45) is 2.86. The van der Waals surface area contributed by atoms with E-state index in [-0.39, 0.29) is 0 Å². The molecule has 0 fully saturated rings. The number of ether oxygens (including phenoxy) is 2. The van der Waals surface area contributed by atoms with Crippen molar-refractivity contribution in [3.05, 3.63) is 89.7 Å². The van der Waals surface area contributed by atoms with Gasteiger partial charge in [0.15, 0.2) is 0 Å². The molecule has 4 rings (SSSR count). The molecule has 0 atom stereocenters. The number of nitrogens with zero attached hydrogens (tertiary/aromatic N) is 2. The molecule has 0 aliphatic rings. The van der Waals surface area contributed by atoms with E-state index in [4.69, 9.17) is 14.5 Å². The van der Waals surface area contributed by atoms with Gasteiger partial charge in [-0.3, -0.25) is 0 Å². The number of imidazole rings is 1. The standard InChI is InChI=1S/C26H28N2O2/c1-20-10-3-4-11-21(20)18-26-27-24-14-5-6-15-25(24)28(26)16-7-8-17-30-23-13-9-12-22(19-23)29-2/h3-6,9-15,19H,7-8,16-18H2,1-2H3. The molecule has 0 saturated heterocycles. The van der Waals surface area contributed by atoms with Crippen LogP contribution in [-0.2, 0) is 13.0 Å². The maximum atomic E-state index is 5.89. The molecular formula is C26H28N2O2. The summed E-state index contributed by atoms with van der Waals surface area (Å²) >= 11 is 0. The van der Waals surface area contributed by atoms with E-state index in [1.807, 2.05) is 24.3 Å². The Morgan fingerprint density at radius 1 is 0.867 bits per heavy atom. The van der Waals surface area contributed by atoms with Gasteiger partial charge in [-0.15, -0.1) is 0 Å². The Kier molecular flexibility index (Phi) is 6.33. The fourth-order valence-corrected chi connectivity index (χ4v) is 3.74. The number of para-hydroxylation sites is 2. The van der Waals surface area contributed by atoms with Gasteiger partial charge in [0.05, 0.1) is 24.8 Å². The van der Waals surface area contributed by atoms with Crippen LogP contribution in [0, 0.1) is 6.92 Å². The maximum Gasteiger partial charge on any atom is 0.122 e. The molecular weight excluding hydrogens is 372 g/mol. The lowest BCUT2D eigenvalue weighted by Gasteiger charge is -2.11. The van der Waals surface area contributed by atoms with Crippen LogP contribution in [0.3, 0.4) is 0 Å². The average Bonchev–Trinajstić information content (AvgIpc) is 3.12. The Morgan fingerprint density at radius 2 is 1.67 bits per heavy atom. The number of hydrogen-bond donors (Lipinski definition) is 0. The summed E-state index contributed by atoms with van der Waals surface area (Å²) in [6, 6.07) is 24.7. The molecule has 30 heavy (non-hydrogen) atoms. The third-order valence-electron chi connectivity index (χ3n) is 5.43. The zero-order valence-electron chi connectivity index (χ0n) is 17.7. The lowest BCUT2D eigenvalue weighted by molar-refractivity contribution is 0.301. The van der Waals surface area contributed by atoms with Gasteiger partial charge in [-0.1, -0.05) is 42.5 Å².